The van der Waals surface area contributed by atoms with E-state index in [4.69, 9.17) is 0 Å². The van der Waals surface area contributed by atoms with Crippen LogP contribution in [0.15, 0.2) is 25.3 Å². The van der Waals surface area contributed by atoms with Gasteiger partial charge in [-0.2, -0.15) is 0 Å². The fourth-order valence-corrected chi connectivity index (χ4v) is 3.41. The van der Waals surface area contributed by atoms with Gasteiger partial charge in [-0.1, -0.05) is 45.3 Å². The van der Waals surface area contributed by atoms with Crippen LogP contribution in [0.5, 0.6) is 0 Å². The topological polar surface area (TPSA) is 20.2 Å². The normalized spacial score (nSPS) is 30.6. The zero-order valence-electron chi connectivity index (χ0n) is 11.5. The number of hydrogen-bond acceptors (Lipinski definition) is 1. The molecule has 0 heterocycles. The first kappa shape index (κ1) is 14.5. The molecule has 0 spiro atoms. The highest BCUT2D eigenvalue weighted by Crippen LogP contribution is 2.41. The Hall–Kier alpha value is -0.560. The predicted molar refractivity (Wildman–Crippen MR) is 74.9 cm³/mol. The van der Waals surface area contributed by atoms with Gasteiger partial charge in [-0.05, 0) is 37.0 Å². The van der Waals surface area contributed by atoms with E-state index >= 15 is 0 Å². The van der Waals surface area contributed by atoms with Gasteiger partial charge in [0.2, 0.25) is 0 Å². The summed E-state index contributed by atoms with van der Waals surface area (Å²) in [6, 6.07) is 0. The third-order valence-corrected chi connectivity index (χ3v) is 4.39. The zero-order valence-corrected chi connectivity index (χ0v) is 11.5. The Bertz CT molecular complexity index is 246. The first-order valence-corrected chi connectivity index (χ1v) is 6.97. The summed E-state index contributed by atoms with van der Waals surface area (Å²) >= 11 is 0. The molecule has 0 radical (unpaired) electrons. The molecule has 3 unspecified atom stereocenters. The third kappa shape index (κ3) is 3.70. The summed E-state index contributed by atoms with van der Waals surface area (Å²) < 4.78 is 0. The van der Waals surface area contributed by atoms with E-state index in [1.165, 1.54) is 19.3 Å². The van der Waals surface area contributed by atoms with E-state index in [1.807, 2.05) is 12.2 Å². The van der Waals surface area contributed by atoms with Crippen LogP contribution in [0.2, 0.25) is 0 Å². The first-order chi connectivity index (χ1) is 8.03. The van der Waals surface area contributed by atoms with Crippen molar-refractivity contribution >= 4 is 0 Å². The van der Waals surface area contributed by atoms with Gasteiger partial charge in [0.1, 0.15) is 0 Å². The second-order valence-corrected chi connectivity index (χ2v) is 5.94. The minimum absolute atomic E-state index is 0.385. The molecule has 0 aromatic carbocycles. The van der Waals surface area contributed by atoms with Gasteiger partial charge in [-0.25, -0.2) is 0 Å². The van der Waals surface area contributed by atoms with Crippen molar-refractivity contribution < 1.29 is 5.11 Å². The van der Waals surface area contributed by atoms with Crippen molar-refractivity contribution in [3.8, 4) is 0 Å². The van der Waals surface area contributed by atoms with Gasteiger partial charge in [0, 0.05) is 0 Å². The van der Waals surface area contributed by atoms with Crippen LogP contribution < -0.4 is 0 Å². The highest BCUT2D eigenvalue weighted by atomic mass is 16.3. The largest absolute Gasteiger partial charge is 0.389 e. The van der Waals surface area contributed by atoms with Crippen LogP contribution in [-0.4, -0.2) is 10.7 Å². The molecule has 1 heteroatoms. The summed E-state index contributed by atoms with van der Waals surface area (Å²) in [6.45, 7) is 12.2. The average molecular weight is 236 g/mol. The van der Waals surface area contributed by atoms with Crippen LogP contribution in [0.1, 0.15) is 52.4 Å². The molecule has 3 atom stereocenters. The Morgan fingerprint density at radius 1 is 1.18 bits per heavy atom. The zero-order chi connectivity index (χ0) is 12.9. The molecule has 98 valence electrons. The maximum atomic E-state index is 10.9. The minimum Gasteiger partial charge on any atom is -0.389 e. The molecule has 1 nitrogen and oxygen atoms in total. The molecule has 0 bridgehead atoms. The maximum absolute atomic E-state index is 10.9. The lowest BCUT2D eigenvalue weighted by Crippen LogP contribution is -2.41. The van der Waals surface area contributed by atoms with Gasteiger partial charge < -0.3 is 5.11 Å². The summed E-state index contributed by atoms with van der Waals surface area (Å²) in [4.78, 5) is 0. The number of hydrogen-bond donors (Lipinski definition) is 1. The minimum atomic E-state index is -0.623. The van der Waals surface area contributed by atoms with Crippen LogP contribution in [-0.2, 0) is 0 Å². The van der Waals surface area contributed by atoms with Gasteiger partial charge >= 0.3 is 0 Å². The number of rotatable bonds is 5. The molecule has 0 aliphatic heterocycles. The van der Waals surface area contributed by atoms with E-state index < -0.39 is 5.60 Å². The molecule has 0 aromatic heterocycles. The molecule has 1 aliphatic carbocycles. The van der Waals surface area contributed by atoms with Crippen molar-refractivity contribution in [1.29, 1.82) is 0 Å². The molecule has 1 rings (SSSR count). The summed E-state index contributed by atoms with van der Waals surface area (Å²) in [5, 5.41) is 10.9. The lowest BCUT2D eigenvalue weighted by molar-refractivity contribution is -0.0417. The van der Waals surface area contributed by atoms with Crippen LogP contribution in [0.3, 0.4) is 0 Å². The molecular formula is C16H28O. The second-order valence-electron chi connectivity index (χ2n) is 5.94. The van der Waals surface area contributed by atoms with Crippen molar-refractivity contribution in [2.75, 3.05) is 0 Å². The Kier molecular flexibility index (Phi) is 5.45. The van der Waals surface area contributed by atoms with Crippen LogP contribution in [0.4, 0.5) is 0 Å². The lowest BCUT2D eigenvalue weighted by Gasteiger charge is -2.39. The van der Waals surface area contributed by atoms with Crippen molar-refractivity contribution in [2.45, 2.75) is 58.0 Å². The van der Waals surface area contributed by atoms with Gasteiger partial charge in [-0.3, -0.25) is 0 Å². The van der Waals surface area contributed by atoms with E-state index in [0.717, 1.165) is 12.3 Å². The molecule has 0 saturated heterocycles. The highest BCUT2D eigenvalue weighted by molar-refractivity contribution is 4.99. The van der Waals surface area contributed by atoms with Gasteiger partial charge in [0.25, 0.3) is 0 Å². The Balaban J connectivity index is 2.88. The smallest absolute Gasteiger partial charge is 0.0746 e. The fraction of sp³-hybridized carbons (Fsp3) is 0.750. The van der Waals surface area contributed by atoms with Crippen LogP contribution >= 0.6 is 0 Å². The summed E-state index contributed by atoms with van der Waals surface area (Å²) in [5.74, 6) is 1.71. The van der Waals surface area contributed by atoms with E-state index in [9.17, 15) is 5.11 Å². The average Bonchev–Trinajstić information content (AvgIpc) is 2.42. The Morgan fingerprint density at radius 3 is 2.29 bits per heavy atom. The second kappa shape index (κ2) is 6.39. The van der Waals surface area contributed by atoms with Gasteiger partial charge in [0.15, 0.2) is 0 Å². The first-order valence-electron chi connectivity index (χ1n) is 6.97. The maximum Gasteiger partial charge on any atom is 0.0746 e. The highest BCUT2D eigenvalue weighted by Gasteiger charge is 2.39. The SMILES string of the molecule is C=CCC(O)(CC=C)C1CC(C)CCCC1C. The van der Waals surface area contributed by atoms with Crippen molar-refractivity contribution in [3.05, 3.63) is 25.3 Å². The van der Waals surface area contributed by atoms with E-state index in [2.05, 4.69) is 27.0 Å². The van der Waals surface area contributed by atoms with Crippen LogP contribution in [0.25, 0.3) is 0 Å². The Morgan fingerprint density at radius 2 is 1.76 bits per heavy atom. The van der Waals surface area contributed by atoms with E-state index in [0.29, 0.717) is 24.7 Å². The summed E-state index contributed by atoms with van der Waals surface area (Å²) in [6.07, 6.45) is 10.1. The summed E-state index contributed by atoms with van der Waals surface area (Å²) in [7, 11) is 0. The quantitative estimate of drug-likeness (QED) is 0.556. The number of aliphatic hydroxyl groups is 1. The standard InChI is InChI=1S/C16H28O/c1-5-10-16(17,11-6-2)15-12-13(3)8-7-9-14(15)4/h5-6,13-15,17H,1-2,7-12H2,3-4H3. The molecule has 17 heavy (non-hydrogen) atoms. The lowest BCUT2D eigenvalue weighted by atomic mass is 9.71. The van der Waals surface area contributed by atoms with Gasteiger partial charge in [-0.15, -0.1) is 13.2 Å². The van der Waals surface area contributed by atoms with Crippen molar-refractivity contribution in [3.63, 3.8) is 0 Å². The van der Waals surface area contributed by atoms with Crippen molar-refractivity contribution in [1.82, 2.24) is 0 Å². The van der Waals surface area contributed by atoms with E-state index in [-0.39, 0.29) is 0 Å². The Labute approximate surface area is 107 Å². The van der Waals surface area contributed by atoms with Gasteiger partial charge in [0.05, 0.1) is 5.60 Å². The molecule has 1 saturated carbocycles. The molecule has 0 aromatic rings. The third-order valence-electron chi connectivity index (χ3n) is 4.39. The van der Waals surface area contributed by atoms with E-state index in [1.54, 1.807) is 0 Å². The molecule has 1 aliphatic rings. The van der Waals surface area contributed by atoms with Crippen LogP contribution in [0, 0.1) is 17.8 Å². The monoisotopic (exact) mass is 236 g/mol. The molecule has 0 amide bonds. The summed E-state index contributed by atoms with van der Waals surface area (Å²) in [5.41, 5.74) is -0.623. The fourth-order valence-electron chi connectivity index (χ4n) is 3.41. The van der Waals surface area contributed by atoms with Crippen molar-refractivity contribution in [2.24, 2.45) is 17.8 Å². The molecular weight excluding hydrogens is 208 g/mol. The molecule has 1 N–H and O–H groups in total. The predicted octanol–water partition coefficient (Wildman–Crippen LogP) is 4.33. The molecule has 1 fully saturated rings.